The zero-order chi connectivity index (χ0) is 20.9. The highest BCUT2D eigenvalue weighted by atomic mass is 32.2. The van der Waals surface area contributed by atoms with Crippen LogP contribution in [0.1, 0.15) is 0 Å². The number of ether oxygens (including phenoxy) is 1. The predicted octanol–water partition coefficient (Wildman–Crippen LogP) is 4.46. The van der Waals surface area contributed by atoms with Gasteiger partial charge in [-0.15, -0.1) is 0 Å². The molecule has 150 valence electrons. The Morgan fingerprint density at radius 1 is 0.967 bits per heavy atom. The number of para-hydroxylation sites is 2. The summed E-state index contributed by atoms with van der Waals surface area (Å²) in [6, 6.07) is 23.8. The molecule has 0 aliphatic carbocycles. The molecule has 0 unspecified atom stereocenters. The molecule has 1 aromatic heterocycles. The summed E-state index contributed by atoms with van der Waals surface area (Å²) in [4.78, 5) is 29.3. The maximum absolute atomic E-state index is 12.4. The number of hydrogen-bond acceptors (Lipinski definition) is 5. The minimum absolute atomic E-state index is 0.127. The molecular formula is C23H19N3O3S. The monoisotopic (exact) mass is 417 g/mol. The standard InChI is InChI=1S/C23H19N3O3S/c1-26-22(28)19-9-5-6-10-20(19)25-23(26)30-15-21(27)24-16-11-13-18(14-12-16)29-17-7-3-2-4-8-17/h2-14H,15H2,1H3,(H,24,27). The molecule has 0 atom stereocenters. The van der Waals surface area contributed by atoms with Crippen LogP contribution in [0.15, 0.2) is 88.8 Å². The van der Waals surface area contributed by atoms with Crippen LogP contribution < -0.4 is 15.6 Å². The fourth-order valence-electron chi connectivity index (χ4n) is 2.88. The summed E-state index contributed by atoms with van der Waals surface area (Å²) in [6.07, 6.45) is 0. The zero-order valence-electron chi connectivity index (χ0n) is 16.2. The number of aromatic nitrogens is 2. The molecule has 30 heavy (non-hydrogen) atoms. The second-order valence-corrected chi connectivity index (χ2v) is 7.49. The zero-order valence-corrected chi connectivity index (χ0v) is 17.1. The van der Waals surface area contributed by atoms with Crippen molar-refractivity contribution in [2.24, 2.45) is 7.05 Å². The molecule has 0 aliphatic heterocycles. The third kappa shape index (κ3) is 4.52. The molecule has 0 fully saturated rings. The van der Waals surface area contributed by atoms with E-state index >= 15 is 0 Å². The van der Waals surface area contributed by atoms with E-state index < -0.39 is 0 Å². The Labute approximate surface area is 177 Å². The van der Waals surface area contributed by atoms with E-state index in [1.54, 1.807) is 43.4 Å². The number of thioether (sulfide) groups is 1. The number of nitrogens with zero attached hydrogens (tertiary/aromatic N) is 2. The Kier molecular flexibility index (Phi) is 5.81. The van der Waals surface area contributed by atoms with E-state index in [-0.39, 0.29) is 17.2 Å². The first-order valence-electron chi connectivity index (χ1n) is 9.31. The van der Waals surface area contributed by atoms with Gasteiger partial charge in [-0.3, -0.25) is 14.2 Å². The second kappa shape index (κ2) is 8.84. The Morgan fingerprint density at radius 3 is 2.40 bits per heavy atom. The molecule has 0 bridgehead atoms. The molecule has 6 nitrogen and oxygen atoms in total. The Hall–Kier alpha value is -3.58. The van der Waals surface area contributed by atoms with E-state index in [4.69, 9.17) is 4.74 Å². The van der Waals surface area contributed by atoms with Gasteiger partial charge in [0.25, 0.3) is 5.56 Å². The van der Waals surface area contributed by atoms with Crippen LogP contribution >= 0.6 is 11.8 Å². The smallest absolute Gasteiger partial charge is 0.261 e. The third-order valence-electron chi connectivity index (χ3n) is 4.39. The molecule has 7 heteroatoms. The van der Waals surface area contributed by atoms with Crippen molar-refractivity contribution in [3.05, 3.63) is 89.2 Å². The van der Waals surface area contributed by atoms with Gasteiger partial charge in [0.15, 0.2) is 5.16 Å². The van der Waals surface area contributed by atoms with Gasteiger partial charge in [-0.25, -0.2) is 4.98 Å². The van der Waals surface area contributed by atoms with Crippen molar-refractivity contribution in [2.45, 2.75) is 5.16 Å². The largest absolute Gasteiger partial charge is 0.457 e. The van der Waals surface area contributed by atoms with Gasteiger partial charge in [-0.05, 0) is 48.5 Å². The molecule has 0 saturated carbocycles. The van der Waals surface area contributed by atoms with Crippen LogP contribution in [0, 0.1) is 0 Å². The molecule has 0 aliphatic rings. The predicted molar refractivity (Wildman–Crippen MR) is 119 cm³/mol. The van der Waals surface area contributed by atoms with Crippen molar-refractivity contribution < 1.29 is 9.53 Å². The van der Waals surface area contributed by atoms with Crippen LogP contribution in [0.2, 0.25) is 0 Å². The fraction of sp³-hybridized carbons (Fsp3) is 0.0870. The normalized spacial score (nSPS) is 10.7. The SMILES string of the molecule is Cn1c(SCC(=O)Nc2ccc(Oc3ccccc3)cc2)nc2ccccc2c1=O. The van der Waals surface area contributed by atoms with Gasteiger partial charge in [0.05, 0.1) is 16.7 Å². The molecule has 4 rings (SSSR count). The van der Waals surface area contributed by atoms with E-state index in [9.17, 15) is 9.59 Å². The minimum atomic E-state index is -0.181. The lowest BCUT2D eigenvalue weighted by molar-refractivity contribution is -0.113. The highest BCUT2D eigenvalue weighted by Crippen LogP contribution is 2.23. The topological polar surface area (TPSA) is 73.2 Å². The average Bonchev–Trinajstić information content (AvgIpc) is 2.77. The number of anilines is 1. The molecule has 1 N–H and O–H groups in total. The molecule has 0 spiro atoms. The fourth-order valence-corrected chi connectivity index (χ4v) is 3.66. The number of benzene rings is 3. The van der Waals surface area contributed by atoms with Crippen molar-refractivity contribution in [1.82, 2.24) is 9.55 Å². The van der Waals surface area contributed by atoms with E-state index in [2.05, 4.69) is 10.3 Å². The van der Waals surface area contributed by atoms with Gasteiger partial charge in [0.1, 0.15) is 11.5 Å². The lowest BCUT2D eigenvalue weighted by atomic mass is 10.2. The maximum Gasteiger partial charge on any atom is 0.261 e. The first kappa shape index (κ1) is 19.7. The number of amides is 1. The summed E-state index contributed by atoms with van der Waals surface area (Å²) in [5, 5.41) is 3.91. The summed E-state index contributed by atoms with van der Waals surface area (Å²) < 4.78 is 7.21. The molecule has 3 aromatic carbocycles. The van der Waals surface area contributed by atoms with E-state index in [1.807, 2.05) is 42.5 Å². The molecule has 1 amide bonds. The van der Waals surface area contributed by atoms with Crippen LogP contribution in [-0.2, 0) is 11.8 Å². The van der Waals surface area contributed by atoms with Crippen LogP contribution in [0.25, 0.3) is 10.9 Å². The first-order valence-corrected chi connectivity index (χ1v) is 10.3. The Bertz CT molecular complexity index is 1240. The van der Waals surface area contributed by atoms with Crippen LogP contribution in [-0.4, -0.2) is 21.2 Å². The van der Waals surface area contributed by atoms with E-state index in [0.29, 0.717) is 27.5 Å². The summed E-state index contributed by atoms with van der Waals surface area (Å²) in [5.41, 5.74) is 1.16. The highest BCUT2D eigenvalue weighted by molar-refractivity contribution is 7.99. The number of fused-ring (bicyclic) bond motifs is 1. The molecule has 4 aromatic rings. The van der Waals surface area contributed by atoms with Crippen LogP contribution in [0.4, 0.5) is 5.69 Å². The summed E-state index contributed by atoms with van der Waals surface area (Å²) in [6.45, 7) is 0. The average molecular weight is 417 g/mol. The highest BCUT2D eigenvalue weighted by Gasteiger charge is 2.11. The molecule has 1 heterocycles. The maximum atomic E-state index is 12.4. The summed E-state index contributed by atoms with van der Waals surface area (Å²) in [7, 11) is 1.66. The van der Waals surface area contributed by atoms with Crippen molar-refractivity contribution in [1.29, 1.82) is 0 Å². The number of carbonyl (C=O) groups is 1. The van der Waals surface area contributed by atoms with Gasteiger partial charge >= 0.3 is 0 Å². The molecular weight excluding hydrogens is 398 g/mol. The van der Waals surface area contributed by atoms with E-state index in [1.165, 1.54) is 16.3 Å². The Morgan fingerprint density at radius 2 is 1.63 bits per heavy atom. The van der Waals surface area contributed by atoms with Crippen LogP contribution in [0.3, 0.4) is 0 Å². The van der Waals surface area contributed by atoms with E-state index in [0.717, 1.165) is 5.75 Å². The summed E-state index contributed by atoms with van der Waals surface area (Å²) in [5.74, 6) is 1.39. The quantitative estimate of drug-likeness (QED) is 0.370. The first-order chi connectivity index (χ1) is 14.6. The number of carbonyl (C=O) groups excluding carboxylic acids is 1. The molecule has 0 saturated heterocycles. The van der Waals surface area contributed by atoms with Gasteiger partial charge in [-0.2, -0.15) is 0 Å². The van der Waals surface area contributed by atoms with Crippen LogP contribution in [0.5, 0.6) is 11.5 Å². The number of nitrogens with one attached hydrogen (secondary N) is 1. The van der Waals surface area contributed by atoms with Gasteiger partial charge in [0, 0.05) is 12.7 Å². The van der Waals surface area contributed by atoms with Crippen molar-refractivity contribution >= 4 is 34.3 Å². The molecule has 0 radical (unpaired) electrons. The third-order valence-corrected chi connectivity index (χ3v) is 5.42. The van der Waals surface area contributed by atoms with Gasteiger partial charge < -0.3 is 10.1 Å². The van der Waals surface area contributed by atoms with Gasteiger partial charge in [0.2, 0.25) is 5.91 Å². The number of rotatable bonds is 6. The van der Waals surface area contributed by atoms with Gasteiger partial charge in [-0.1, -0.05) is 42.1 Å². The minimum Gasteiger partial charge on any atom is -0.457 e. The summed E-state index contributed by atoms with van der Waals surface area (Å²) >= 11 is 1.22. The lowest BCUT2D eigenvalue weighted by Gasteiger charge is -2.10. The van der Waals surface area contributed by atoms with Crippen molar-refractivity contribution in [2.75, 3.05) is 11.1 Å². The number of hydrogen-bond donors (Lipinski definition) is 1. The Balaban J connectivity index is 1.38. The second-order valence-electron chi connectivity index (χ2n) is 6.55. The lowest BCUT2D eigenvalue weighted by Crippen LogP contribution is -2.21. The van der Waals surface area contributed by atoms with Crippen molar-refractivity contribution in [3.8, 4) is 11.5 Å². The van der Waals surface area contributed by atoms with Crippen molar-refractivity contribution in [3.63, 3.8) is 0 Å².